The normalized spacial score (nSPS) is 13.1. The smallest absolute Gasteiger partial charge is 0.244 e. The predicted octanol–water partition coefficient (Wildman–Crippen LogP) is 4.17. The molecule has 0 radical (unpaired) electrons. The standard InChI is InChI=1S/C20H24Cl2N2O3S/c1-14(2)11-19(20(23)25)24(13-16-5-3-15(12-21)4-6-16)28(26,27)18-9-7-17(22)8-10-18/h3-10,14,19H,11-13H2,1-2H3,(H2,23,25)/t19-/m1/s1. The Morgan fingerprint density at radius 1 is 1.04 bits per heavy atom. The van der Waals surface area contributed by atoms with Crippen molar-refractivity contribution in [1.29, 1.82) is 0 Å². The zero-order valence-electron chi connectivity index (χ0n) is 15.8. The van der Waals surface area contributed by atoms with Gasteiger partial charge in [0.15, 0.2) is 0 Å². The summed E-state index contributed by atoms with van der Waals surface area (Å²) in [5, 5.41) is 0.427. The van der Waals surface area contributed by atoms with Gasteiger partial charge < -0.3 is 5.73 Å². The lowest BCUT2D eigenvalue weighted by Crippen LogP contribution is -2.48. The lowest BCUT2D eigenvalue weighted by Gasteiger charge is -2.30. The first kappa shape index (κ1) is 22.7. The highest BCUT2D eigenvalue weighted by Gasteiger charge is 2.35. The molecule has 0 spiro atoms. The van der Waals surface area contributed by atoms with E-state index in [2.05, 4.69) is 0 Å². The SMILES string of the molecule is CC(C)C[C@H](C(N)=O)N(Cc1ccc(CCl)cc1)S(=O)(=O)c1ccc(Cl)cc1. The van der Waals surface area contributed by atoms with E-state index in [4.69, 9.17) is 28.9 Å². The number of nitrogens with two attached hydrogens (primary N) is 1. The molecule has 1 atom stereocenters. The fraction of sp³-hybridized carbons (Fsp3) is 0.350. The number of primary amides is 1. The van der Waals surface area contributed by atoms with E-state index in [1.165, 1.54) is 28.6 Å². The van der Waals surface area contributed by atoms with Gasteiger partial charge in [0.1, 0.15) is 6.04 Å². The van der Waals surface area contributed by atoms with Crippen LogP contribution in [-0.2, 0) is 27.2 Å². The molecule has 0 unspecified atom stereocenters. The van der Waals surface area contributed by atoms with Gasteiger partial charge >= 0.3 is 0 Å². The summed E-state index contributed by atoms with van der Waals surface area (Å²) in [5.41, 5.74) is 7.26. The number of carbonyl (C=O) groups excluding carboxylic acids is 1. The summed E-state index contributed by atoms with van der Waals surface area (Å²) >= 11 is 11.7. The van der Waals surface area contributed by atoms with Gasteiger partial charge in [0.25, 0.3) is 0 Å². The van der Waals surface area contributed by atoms with Crippen molar-refractivity contribution in [3.63, 3.8) is 0 Å². The van der Waals surface area contributed by atoms with Gasteiger partial charge in [0, 0.05) is 17.4 Å². The van der Waals surface area contributed by atoms with Crippen LogP contribution in [0.2, 0.25) is 5.02 Å². The second-order valence-electron chi connectivity index (χ2n) is 7.00. The fourth-order valence-electron chi connectivity index (χ4n) is 2.84. The largest absolute Gasteiger partial charge is 0.368 e. The van der Waals surface area contributed by atoms with Gasteiger partial charge in [-0.2, -0.15) is 4.31 Å². The van der Waals surface area contributed by atoms with Gasteiger partial charge in [-0.3, -0.25) is 4.79 Å². The quantitative estimate of drug-likeness (QED) is 0.591. The molecule has 5 nitrogen and oxygen atoms in total. The first-order valence-electron chi connectivity index (χ1n) is 8.85. The fourth-order valence-corrected chi connectivity index (χ4v) is 4.74. The average Bonchev–Trinajstić information content (AvgIpc) is 2.65. The van der Waals surface area contributed by atoms with Crippen LogP contribution in [0.3, 0.4) is 0 Å². The minimum absolute atomic E-state index is 0.0217. The maximum absolute atomic E-state index is 13.4. The van der Waals surface area contributed by atoms with E-state index in [0.29, 0.717) is 17.3 Å². The molecule has 2 rings (SSSR count). The number of hydrogen-bond acceptors (Lipinski definition) is 3. The summed E-state index contributed by atoms with van der Waals surface area (Å²) in [4.78, 5) is 12.2. The third-order valence-corrected chi connectivity index (χ3v) is 6.74. The van der Waals surface area contributed by atoms with Gasteiger partial charge in [0.2, 0.25) is 15.9 Å². The number of alkyl halides is 1. The Bertz CT molecular complexity index is 898. The molecule has 0 bridgehead atoms. The second kappa shape index (κ2) is 9.74. The van der Waals surface area contributed by atoms with Crippen molar-refractivity contribution >= 4 is 39.1 Å². The lowest BCUT2D eigenvalue weighted by atomic mass is 10.0. The molecule has 8 heteroatoms. The van der Waals surface area contributed by atoms with Crippen molar-refractivity contribution in [2.75, 3.05) is 0 Å². The Balaban J connectivity index is 2.49. The van der Waals surface area contributed by atoms with Gasteiger partial charge in [-0.15, -0.1) is 11.6 Å². The number of carbonyl (C=O) groups is 1. The van der Waals surface area contributed by atoms with Crippen LogP contribution in [0, 0.1) is 5.92 Å². The van der Waals surface area contributed by atoms with E-state index < -0.39 is 22.0 Å². The Morgan fingerprint density at radius 3 is 2.04 bits per heavy atom. The molecule has 0 heterocycles. The molecule has 2 aromatic carbocycles. The van der Waals surface area contributed by atoms with Gasteiger partial charge in [-0.1, -0.05) is 49.7 Å². The van der Waals surface area contributed by atoms with Crippen LogP contribution < -0.4 is 5.73 Å². The molecule has 152 valence electrons. The summed E-state index contributed by atoms with van der Waals surface area (Å²) in [7, 11) is -3.97. The number of benzene rings is 2. The minimum Gasteiger partial charge on any atom is -0.368 e. The third kappa shape index (κ3) is 5.70. The van der Waals surface area contributed by atoms with Crippen LogP contribution in [0.4, 0.5) is 0 Å². The van der Waals surface area contributed by atoms with E-state index in [1.54, 1.807) is 12.1 Å². The number of halogens is 2. The summed E-state index contributed by atoms with van der Waals surface area (Å²) in [5.74, 6) is -0.229. The predicted molar refractivity (Wildman–Crippen MR) is 113 cm³/mol. The molecule has 0 aliphatic heterocycles. The molecule has 0 saturated heterocycles. The molecule has 28 heavy (non-hydrogen) atoms. The third-order valence-electron chi connectivity index (χ3n) is 4.31. The molecule has 0 aliphatic rings. The molecule has 0 fully saturated rings. The summed E-state index contributed by atoms with van der Waals surface area (Å²) in [6.07, 6.45) is 0.321. The first-order valence-corrected chi connectivity index (χ1v) is 11.2. The van der Waals surface area contributed by atoms with E-state index in [1.807, 2.05) is 26.0 Å². The topological polar surface area (TPSA) is 80.5 Å². The molecule has 2 aromatic rings. The minimum atomic E-state index is -3.97. The summed E-state index contributed by atoms with van der Waals surface area (Å²) < 4.78 is 27.9. The highest BCUT2D eigenvalue weighted by atomic mass is 35.5. The Morgan fingerprint density at radius 2 is 1.57 bits per heavy atom. The van der Waals surface area contributed by atoms with Crippen LogP contribution in [0.25, 0.3) is 0 Å². The van der Waals surface area contributed by atoms with Crippen LogP contribution >= 0.6 is 23.2 Å². The van der Waals surface area contributed by atoms with Crippen LogP contribution in [0.1, 0.15) is 31.4 Å². The van der Waals surface area contributed by atoms with Crippen molar-refractivity contribution in [3.05, 3.63) is 64.7 Å². The van der Waals surface area contributed by atoms with E-state index in [9.17, 15) is 13.2 Å². The zero-order valence-corrected chi connectivity index (χ0v) is 18.1. The molecule has 2 N–H and O–H groups in total. The maximum Gasteiger partial charge on any atom is 0.244 e. The lowest BCUT2D eigenvalue weighted by molar-refractivity contribution is -0.122. The van der Waals surface area contributed by atoms with Crippen molar-refractivity contribution in [2.45, 2.75) is 43.6 Å². The zero-order chi connectivity index (χ0) is 20.9. The summed E-state index contributed by atoms with van der Waals surface area (Å²) in [6.45, 7) is 3.85. The Labute approximate surface area is 176 Å². The van der Waals surface area contributed by atoms with Gasteiger partial charge in [-0.05, 0) is 47.7 Å². The number of hydrogen-bond donors (Lipinski definition) is 1. The van der Waals surface area contributed by atoms with Gasteiger partial charge in [0.05, 0.1) is 4.90 Å². The number of amides is 1. The number of rotatable bonds is 9. The number of nitrogens with zero attached hydrogens (tertiary/aromatic N) is 1. The van der Waals surface area contributed by atoms with E-state index in [0.717, 1.165) is 11.1 Å². The second-order valence-corrected chi connectivity index (χ2v) is 9.60. The number of sulfonamides is 1. The van der Waals surface area contributed by atoms with Crippen molar-refractivity contribution < 1.29 is 13.2 Å². The monoisotopic (exact) mass is 442 g/mol. The van der Waals surface area contributed by atoms with Crippen LogP contribution in [0.5, 0.6) is 0 Å². The van der Waals surface area contributed by atoms with E-state index in [-0.39, 0.29) is 17.4 Å². The average molecular weight is 443 g/mol. The Kier molecular flexibility index (Phi) is 7.89. The highest BCUT2D eigenvalue weighted by Crippen LogP contribution is 2.25. The van der Waals surface area contributed by atoms with Crippen molar-refractivity contribution in [2.24, 2.45) is 11.7 Å². The first-order chi connectivity index (χ1) is 13.1. The molecular formula is C20H24Cl2N2O3S. The molecule has 0 aromatic heterocycles. The molecule has 1 amide bonds. The summed E-state index contributed by atoms with van der Waals surface area (Å²) in [6, 6.07) is 12.2. The maximum atomic E-state index is 13.4. The van der Waals surface area contributed by atoms with Crippen LogP contribution in [-0.4, -0.2) is 24.7 Å². The Hall–Kier alpha value is -1.60. The highest BCUT2D eigenvalue weighted by molar-refractivity contribution is 7.89. The van der Waals surface area contributed by atoms with Crippen molar-refractivity contribution in [3.8, 4) is 0 Å². The van der Waals surface area contributed by atoms with Gasteiger partial charge in [-0.25, -0.2) is 8.42 Å². The molecule has 0 aliphatic carbocycles. The van der Waals surface area contributed by atoms with Crippen LogP contribution in [0.15, 0.2) is 53.4 Å². The molecule has 0 saturated carbocycles. The van der Waals surface area contributed by atoms with E-state index >= 15 is 0 Å². The molecular weight excluding hydrogens is 419 g/mol. The van der Waals surface area contributed by atoms with Crippen molar-refractivity contribution in [1.82, 2.24) is 4.31 Å².